The number of rotatable bonds is 10. The summed E-state index contributed by atoms with van der Waals surface area (Å²) in [7, 11) is -1.07. The second-order valence-electron chi connectivity index (χ2n) is 9.82. The third-order valence-corrected chi connectivity index (χ3v) is 11.6. The van der Waals surface area contributed by atoms with Gasteiger partial charge in [0.2, 0.25) is 0 Å². The number of hydrogen-bond acceptors (Lipinski definition) is 3. The zero-order chi connectivity index (χ0) is 23.7. The highest BCUT2D eigenvalue weighted by Gasteiger charge is 2.50. The van der Waals surface area contributed by atoms with Crippen LogP contribution in [0.5, 0.6) is 0 Å². The van der Waals surface area contributed by atoms with Gasteiger partial charge in [-0.2, -0.15) is 0 Å². The standard InChI is InChI=1S/C29H38O3Si/c1-29(2,3)33(26-18-9-6-10-19-26,27-20-11-7-12-21-27)32-23-25-17-14-16-24(25)15-8-5-13-22-28(30)31-4/h5-12,16,18-21,25H,13-15,17,22-23H2,1-4H3/b8-5-/t25-/m1/s1. The van der Waals surface area contributed by atoms with E-state index in [1.165, 1.54) is 23.1 Å². The van der Waals surface area contributed by atoms with Crippen LogP contribution in [0.3, 0.4) is 0 Å². The molecule has 3 nitrogen and oxygen atoms in total. The summed E-state index contributed by atoms with van der Waals surface area (Å²) in [5.41, 5.74) is 1.46. The van der Waals surface area contributed by atoms with Crippen LogP contribution in [-0.2, 0) is 14.0 Å². The number of esters is 1. The van der Waals surface area contributed by atoms with E-state index in [2.05, 4.69) is 99.7 Å². The molecule has 0 radical (unpaired) electrons. The van der Waals surface area contributed by atoms with E-state index in [9.17, 15) is 4.79 Å². The zero-order valence-corrected chi connectivity index (χ0v) is 21.6. The topological polar surface area (TPSA) is 35.5 Å². The number of carbonyl (C=O) groups excluding carboxylic acids is 1. The fraction of sp³-hybridized carbons (Fsp3) is 0.414. The van der Waals surface area contributed by atoms with Gasteiger partial charge < -0.3 is 9.16 Å². The van der Waals surface area contributed by atoms with Gasteiger partial charge in [-0.05, 0) is 41.1 Å². The lowest BCUT2D eigenvalue weighted by Crippen LogP contribution is -2.66. The summed E-state index contributed by atoms with van der Waals surface area (Å²) >= 11 is 0. The van der Waals surface area contributed by atoms with E-state index in [4.69, 9.17) is 9.16 Å². The Labute approximate surface area is 200 Å². The van der Waals surface area contributed by atoms with Crippen molar-refractivity contribution in [2.24, 2.45) is 5.92 Å². The van der Waals surface area contributed by atoms with Crippen LogP contribution in [0.25, 0.3) is 0 Å². The minimum atomic E-state index is -2.50. The molecule has 1 atom stereocenters. The fourth-order valence-electron chi connectivity index (χ4n) is 4.89. The second-order valence-corrected chi connectivity index (χ2v) is 14.1. The second kappa shape index (κ2) is 11.6. The summed E-state index contributed by atoms with van der Waals surface area (Å²) in [5.74, 6) is 0.285. The Morgan fingerprint density at radius 2 is 1.61 bits per heavy atom. The lowest BCUT2D eigenvalue weighted by atomic mass is 10.00. The number of benzene rings is 2. The first-order chi connectivity index (χ1) is 15.9. The lowest BCUT2D eigenvalue weighted by Gasteiger charge is -2.43. The molecule has 2 aromatic rings. The van der Waals surface area contributed by atoms with Gasteiger partial charge in [0.25, 0.3) is 8.32 Å². The van der Waals surface area contributed by atoms with Crippen molar-refractivity contribution in [3.05, 3.63) is 84.5 Å². The van der Waals surface area contributed by atoms with Gasteiger partial charge in [-0.15, -0.1) is 0 Å². The normalized spacial score (nSPS) is 16.7. The third kappa shape index (κ3) is 6.13. The Hall–Kier alpha value is -2.43. The quantitative estimate of drug-likeness (QED) is 0.254. The van der Waals surface area contributed by atoms with Crippen LogP contribution in [0.4, 0.5) is 0 Å². The minimum absolute atomic E-state index is 0.00796. The van der Waals surface area contributed by atoms with Gasteiger partial charge in [0, 0.05) is 18.9 Å². The highest BCUT2D eigenvalue weighted by atomic mass is 28.4. The summed E-state index contributed by atoms with van der Waals surface area (Å²) in [6.07, 6.45) is 11.0. The highest BCUT2D eigenvalue weighted by Crippen LogP contribution is 2.38. The Bertz CT molecular complexity index is 902. The SMILES string of the molecule is COC(=O)CC/C=C\CC1=CCC[C@@H]1CO[Si](c1ccccc1)(c1ccccc1)C(C)(C)C. The maximum atomic E-state index is 11.3. The van der Waals surface area contributed by atoms with Crippen molar-refractivity contribution in [1.82, 2.24) is 0 Å². The summed E-state index contributed by atoms with van der Waals surface area (Å²) in [6, 6.07) is 21.7. The van der Waals surface area contributed by atoms with E-state index in [-0.39, 0.29) is 11.0 Å². The van der Waals surface area contributed by atoms with E-state index < -0.39 is 8.32 Å². The van der Waals surface area contributed by atoms with E-state index in [0.717, 1.165) is 32.3 Å². The van der Waals surface area contributed by atoms with Crippen LogP contribution in [-0.4, -0.2) is 28.0 Å². The maximum Gasteiger partial charge on any atom is 0.305 e. The average molecular weight is 463 g/mol. The maximum absolute atomic E-state index is 11.3. The molecule has 0 spiro atoms. The van der Waals surface area contributed by atoms with Crippen LogP contribution >= 0.6 is 0 Å². The van der Waals surface area contributed by atoms with Gasteiger partial charge in [-0.1, -0.05) is 105 Å². The third-order valence-electron chi connectivity index (χ3n) is 6.63. The number of methoxy groups -OCH3 is 1. The molecule has 176 valence electrons. The molecular formula is C29H38O3Si. The molecule has 0 aromatic heterocycles. The van der Waals surface area contributed by atoms with Crippen molar-refractivity contribution in [2.45, 2.75) is 57.9 Å². The van der Waals surface area contributed by atoms with Crippen LogP contribution in [0, 0.1) is 5.92 Å². The first-order valence-electron chi connectivity index (χ1n) is 12.0. The predicted molar refractivity (Wildman–Crippen MR) is 139 cm³/mol. The van der Waals surface area contributed by atoms with Crippen LogP contribution in [0.1, 0.15) is 52.9 Å². The predicted octanol–water partition coefficient (Wildman–Crippen LogP) is 5.80. The molecule has 2 aromatic carbocycles. The molecule has 0 saturated heterocycles. The molecule has 0 bridgehead atoms. The van der Waals surface area contributed by atoms with Gasteiger partial charge in [-0.3, -0.25) is 4.79 Å². The van der Waals surface area contributed by atoms with Crippen molar-refractivity contribution in [1.29, 1.82) is 0 Å². The van der Waals surface area contributed by atoms with Crippen molar-refractivity contribution in [3.8, 4) is 0 Å². The number of hydrogen-bond donors (Lipinski definition) is 0. The summed E-state index contributed by atoms with van der Waals surface area (Å²) in [5, 5.41) is 2.65. The fourth-order valence-corrected chi connectivity index (χ4v) is 9.50. The molecule has 0 fully saturated rings. The molecule has 0 saturated carbocycles. The molecule has 0 unspecified atom stereocenters. The van der Waals surface area contributed by atoms with Gasteiger partial charge in [-0.25, -0.2) is 0 Å². The molecule has 0 heterocycles. The van der Waals surface area contributed by atoms with Gasteiger partial charge >= 0.3 is 5.97 Å². The lowest BCUT2D eigenvalue weighted by molar-refractivity contribution is -0.140. The molecule has 3 rings (SSSR count). The van der Waals surface area contributed by atoms with Gasteiger partial charge in [0.1, 0.15) is 0 Å². The van der Waals surface area contributed by atoms with Gasteiger partial charge in [0.15, 0.2) is 0 Å². The van der Waals surface area contributed by atoms with Crippen molar-refractivity contribution in [3.63, 3.8) is 0 Å². The first kappa shape index (κ1) is 25.2. The molecule has 1 aliphatic carbocycles. The zero-order valence-electron chi connectivity index (χ0n) is 20.6. The number of carbonyl (C=O) groups is 1. The van der Waals surface area contributed by atoms with Crippen molar-refractivity contribution >= 4 is 24.7 Å². The molecule has 4 heteroatoms. The Balaban J connectivity index is 1.78. The monoisotopic (exact) mass is 462 g/mol. The van der Waals surface area contributed by atoms with E-state index in [0.29, 0.717) is 12.3 Å². The van der Waals surface area contributed by atoms with E-state index in [1.807, 2.05) is 0 Å². The van der Waals surface area contributed by atoms with Gasteiger partial charge in [0.05, 0.1) is 7.11 Å². The Morgan fingerprint density at radius 1 is 1.00 bits per heavy atom. The molecule has 0 aliphatic heterocycles. The Morgan fingerprint density at radius 3 is 2.15 bits per heavy atom. The minimum Gasteiger partial charge on any atom is -0.469 e. The number of allylic oxidation sites excluding steroid dienone is 3. The summed E-state index contributed by atoms with van der Waals surface area (Å²) in [6.45, 7) is 7.73. The van der Waals surface area contributed by atoms with E-state index in [1.54, 1.807) is 0 Å². The molecule has 0 amide bonds. The highest BCUT2D eigenvalue weighted by molar-refractivity contribution is 6.99. The summed E-state index contributed by atoms with van der Waals surface area (Å²) < 4.78 is 11.9. The molecule has 33 heavy (non-hydrogen) atoms. The van der Waals surface area contributed by atoms with Crippen LogP contribution < -0.4 is 10.4 Å². The first-order valence-corrected chi connectivity index (χ1v) is 13.9. The van der Waals surface area contributed by atoms with Crippen molar-refractivity contribution in [2.75, 3.05) is 13.7 Å². The van der Waals surface area contributed by atoms with Crippen LogP contribution in [0.15, 0.2) is 84.5 Å². The molecular weight excluding hydrogens is 424 g/mol. The smallest absolute Gasteiger partial charge is 0.305 e. The van der Waals surface area contributed by atoms with Crippen LogP contribution in [0.2, 0.25) is 5.04 Å². The number of ether oxygens (including phenoxy) is 1. The average Bonchev–Trinajstić information content (AvgIpc) is 3.27. The van der Waals surface area contributed by atoms with Crippen molar-refractivity contribution < 1.29 is 14.0 Å². The Kier molecular flexibility index (Phi) is 8.87. The molecule has 1 aliphatic rings. The molecule has 0 N–H and O–H groups in total. The largest absolute Gasteiger partial charge is 0.469 e. The summed E-state index contributed by atoms with van der Waals surface area (Å²) in [4.78, 5) is 11.3. The van der Waals surface area contributed by atoms with E-state index >= 15 is 0 Å².